The van der Waals surface area contributed by atoms with Crippen molar-refractivity contribution in [3.8, 4) is 0 Å². The first kappa shape index (κ1) is 30.7. The van der Waals surface area contributed by atoms with Gasteiger partial charge in [0, 0.05) is 33.5 Å². The largest absolute Gasteiger partial charge is 0.396 e. The van der Waals surface area contributed by atoms with Crippen LogP contribution in [0.1, 0.15) is 62.2 Å². The fourth-order valence-corrected chi connectivity index (χ4v) is 6.01. The zero-order chi connectivity index (χ0) is 31.7. The van der Waals surface area contributed by atoms with E-state index in [0.717, 1.165) is 29.4 Å². The van der Waals surface area contributed by atoms with Crippen molar-refractivity contribution >= 4 is 45.7 Å². The van der Waals surface area contributed by atoms with Gasteiger partial charge in [-0.1, -0.05) is 25.5 Å². The summed E-state index contributed by atoms with van der Waals surface area (Å²) in [6.45, 7) is 2.14. The van der Waals surface area contributed by atoms with E-state index in [1.807, 2.05) is 30.3 Å². The molecule has 0 spiro atoms. The van der Waals surface area contributed by atoms with Gasteiger partial charge in [-0.25, -0.2) is 9.59 Å². The Morgan fingerprint density at radius 3 is 1.50 bits per heavy atom. The van der Waals surface area contributed by atoms with Crippen LogP contribution in [0.4, 0.5) is 0 Å². The van der Waals surface area contributed by atoms with Gasteiger partial charge in [0.2, 0.25) is 23.6 Å². The van der Waals surface area contributed by atoms with Crippen LogP contribution in [0, 0.1) is 0 Å². The van der Waals surface area contributed by atoms with Gasteiger partial charge < -0.3 is 5.11 Å². The van der Waals surface area contributed by atoms with E-state index < -0.39 is 23.9 Å². The zero-order valence-corrected chi connectivity index (χ0v) is 25.0. The van der Waals surface area contributed by atoms with Gasteiger partial charge in [0.25, 0.3) is 0 Å². The number of aromatic nitrogens is 4. The number of carbonyl (C=O) groups excluding carboxylic acids is 4. The number of nitrogens with one attached hydrogen (secondary N) is 2. The number of aliphatic hydroxyl groups is 1. The zero-order valence-electron chi connectivity index (χ0n) is 25.0. The predicted molar refractivity (Wildman–Crippen MR) is 162 cm³/mol. The SMILES string of the molecule is CCCc1ccc2c(c1)n(C)c(=O)n2C1CCC(=O)NC1=O.Cn1c(=O)n(C2CCC(=O)NC2=O)c2ccc(CCO)cc21. The maximum Gasteiger partial charge on any atom is 0.329 e. The number of aryl methyl sites for hydroxylation is 3. The topological polar surface area (TPSA) is 166 Å². The maximum absolute atomic E-state index is 12.5. The van der Waals surface area contributed by atoms with E-state index in [4.69, 9.17) is 5.11 Å². The lowest BCUT2D eigenvalue weighted by Crippen LogP contribution is -2.44. The lowest BCUT2D eigenvalue weighted by atomic mass is 10.1. The molecule has 2 unspecified atom stereocenters. The van der Waals surface area contributed by atoms with Crippen molar-refractivity contribution in [2.24, 2.45) is 14.1 Å². The number of benzene rings is 2. The van der Waals surface area contributed by atoms with Crippen molar-refractivity contribution in [2.45, 2.75) is 64.0 Å². The van der Waals surface area contributed by atoms with Crippen LogP contribution >= 0.6 is 0 Å². The highest BCUT2D eigenvalue weighted by molar-refractivity contribution is 6.00. The Hall–Kier alpha value is -4.78. The fourth-order valence-electron chi connectivity index (χ4n) is 6.01. The molecule has 4 aromatic rings. The molecule has 2 saturated heterocycles. The second kappa shape index (κ2) is 12.4. The minimum atomic E-state index is -0.669. The van der Waals surface area contributed by atoms with Crippen LogP contribution in [-0.4, -0.2) is 53.6 Å². The summed E-state index contributed by atoms with van der Waals surface area (Å²) >= 11 is 0. The molecule has 13 nitrogen and oxygen atoms in total. The Balaban J connectivity index is 0.000000175. The molecule has 0 bridgehead atoms. The first-order valence-electron chi connectivity index (χ1n) is 14.7. The van der Waals surface area contributed by atoms with Gasteiger partial charge in [-0.05, 0) is 61.1 Å². The molecule has 4 heterocycles. The van der Waals surface area contributed by atoms with Gasteiger partial charge in [-0.2, -0.15) is 0 Å². The summed E-state index contributed by atoms with van der Waals surface area (Å²) in [7, 11) is 3.36. The Morgan fingerprint density at radius 1 is 0.682 bits per heavy atom. The van der Waals surface area contributed by atoms with E-state index in [1.54, 1.807) is 24.7 Å². The number of imide groups is 2. The third-order valence-corrected chi connectivity index (χ3v) is 8.29. The average molecular weight is 605 g/mol. The molecule has 0 radical (unpaired) electrons. The van der Waals surface area contributed by atoms with E-state index in [0.29, 0.717) is 30.3 Å². The van der Waals surface area contributed by atoms with Gasteiger partial charge in [0.15, 0.2) is 0 Å². The van der Waals surface area contributed by atoms with Gasteiger partial charge >= 0.3 is 11.4 Å². The van der Waals surface area contributed by atoms with Crippen molar-refractivity contribution in [1.82, 2.24) is 28.9 Å². The monoisotopic (exact) mass is 604 g/mol. The number of hydrogen-bond donors (Lipinski definition) is 3. The van der Waals surface area contributed by atoms with E-state index in [2.05, 4.69) is 17.6 Å². The summed E-state index contributed by atoms with van der Waals surface area (Å²) < 4.78 is 6.00. The molecular formula is C31H36N6O7. The minimum Gasteiger partial charge on any atom is -0.396 e. The summed E-state index contributed by atoms with van der Waals surface area (Å²) in [5.41, 5.74) is 4.51. The quantitative estimate of drug-likeness (QED) is 0.277. The van der Waals surface area contributed by atoms with Crippen molar-refractivity contribution in [3.05, 3.63) is 68.5 Å². The number of nitrogens with zero attached hydrogens (tertiary/aromatic N) is 4. The molecule has 0 aliphatic carbocycles. The lowest BCUT2D eigenvalue weighted by molar-refractivity contribution is -0.137. The van der Waals surface area contributed by atoms with E-state index >= 15 is 0 Å². The summed E-state index contributed by atoms with van der Waals surface area (Å²) in [4.78, 5) is 71.7. The molecule has 2 atom stereocenters. The smallest absolute Gasteiger partial charge is 0.329 e. The van der Waals surface area contributed by atoms with E-state index in [1.165, 1.54) is 19.3 Å². The minimum absolute atomic E-state index is 0.0350. The molecule has 2 fully saturated rings. The molecule has 232 valence electrons. The van der Waals surface area contributed by atoms with Crippen molar-refractivity contribution in [1.29, 1.82) is 0 Å². The standard InChI is InChI=1S/C16H19N3O3.C15H17N3O4/c1-3-4-10-5-6-11-13(9-10)18(2)16(22)19(11)12-7-8-14(20)17-15(12)21;1-17-12-8-9(6-7-19)2-3-10(12)18(15(17)22)11-4-5-13(20)16-14(11)21/h5-6,9,12H,3-4,7-8H2,1-2H3,(H,17,20,21);2-3,8,11,19H,4-7H2,1H3,(H,16,20,21). The Labute approximate surface area is 252 Å². The highest BCUT2D eigenvalue weighted by Crippen LogP contribution is 2.25. The van der Waals surface area contributed by atoms with Crippen LogP contribution in [0.25, 0.3) is 22.1 Å². The molecule has 13 heteroatoms. The Bertz CT molecular complexity index is 1770. The molecule has 3 N–H and O–H groups in total. The molecule has 0 saturated carbocycles. The fraction of sp³-hybridized carbons (Fsp3) is 0.419. The van der Waals surface area contributed by atoms with Gasteiger partial charge in [0.05, 0.1) is 22.1 Å². The summed E-state index contributed by atoms with van der Waals surface area (Å²) in [6, 6.07) is 10.1. The van der Waals surface area contributed by atoms with Crippen molar-refractivity contribution < 1.29 is 24.3 Å². The number of aliphatic hydroxyl groups excluding tert-OH is 1. The number of imidazole rings is 2. The van der Waals surface area contributed by atoms with Crippen molar-refractivity contribution in [3.63, 3.8) is 0 Å². The highest BCUT2D eigenvalue weighted by Gasteiger charge is 2.32. The number of piperidine rings is 2. The van der Waals surface area contributed by atoms with Crippen LogP contribution in [0.3, 0.4) is 0 Å². The molecule has 2 aliphatic heterocycles. The first-order valence-corrected chi connectivity index (χ1v) is 14.7. The lowest BCUT2D eigenvalue weighted by Gasteiger charge is -2.21. The summed E-state index contributed by atoms with van der Waals surface area (Å²) in [5.74, 6) is -1.42. The molecule has 2 aliphatic rings. The average Bonchev–Trinajstić information content (AvgIpc) is 3.38. The molecule has 4 amide bonds. The summed E-state index contributed by atoms with van der Waals surface area (Å²) in [5, 5.41) is 13.6. The number of rotatable bonds is 6. The first-order chi connectivity index (χ1) is 21.0. The third kappa shape index (κ3) is 5.62. The predicted octanol–water partition coefficient (Wildman–Crippen LogP) is 1.12. The number of hydrogen-bond acceptors (Lipinski definition) is 7. The van der Waals surface area contributed by atoms with Crippen LogP contribution in [0.5, 0.6) is 0 Å². The van der Waals surface area contributed by atoms with Crippen LogP contribution < -0.4 is 22.0 Å². The molecule has 44 heavy (non-hydrogen) atoms. The number of carbonyl (C=O) groups is 4. The molecule has 2 aromatic carbocycles. The Kier molecular flexibility index (Phi) is 8.68. The molecule has 2 aromatic heterocycles. The Morgan fingerprint density at radius 2 is 1.11 bits per heavy atom. The third-order valence-electron chi connectivity index (χ3n) is 8.29. The van der Waals surface area contributed by atoms with Gasteiger partial charge in [-0.3, -0.25) is 48.1 Å². The highest BCUT2D eigenvalue weighted by atomic mass is 16.3. The second-order valence-corrected chi connectivity index (χ2v) is 11.2. The van der Waals surface area contributed by atoms with E-state index in [-0.39, 0.29) is 42.6 Å². The maximum atomic E-state index is 12.5. The van der Waals surface area contributed by atoms with Crippen LogP contribution in [0.2, 0.25) is 0 Å². The van der Waals surface area contributed by atoms with E-state index in [9.17, 15) is 28.8 Å². The van der Waals surface area contributed by atoms with Crippen LogP contribution in [0.15, 0.2) is 46.0 Å². The van der Waals surface area contributed by atoms with Crippen LogP contribution in [-0.2, 0) is 46.1 Å². The second-order valence-electron chi connectivity index (χ2n) is 11.2. The van der Waals surface area contributed by atoms with Gasteiger partial charge in [0.1, 0.15) is 12.1 Å². The number of amides is 4. The molecule has 6 rings (SSSR count). The molecular weight excluding hydrogens is 568 g/mol. The number of fused-ring (bicyclic) bond motifs is 2. The summed E-state index contributed by atoms with van der Waals surface area (Å²) in [6.07, 6.45) is 3.66. The van der Waals surface area contributed by atoms with Gasteiger partial charge in [-0.15, -0.1) is 0 Å². The normalized spacial score (nSPS) is 18.7. The van der Waals surface area contributed by atoms with Crippen molar-refractivity contribution in [2.75, 3.05) is 6.61 Å².